The molecule has 1 saturated heterocycles. The summed E-state index contributed by atoms with van der Waals surface area (Å²) in [6.07, 6.45) is 4.18. The summed E-state index contributed by atoms with van der Waals surface area (Å²) >= 11 is 0. The third-order valence-corrected chi connectivity index (χ3v) is 13.2. The van der Waals surface area contributed by atoms with E-state index in [1.807, 2.05) is 32.1 Å². The Labute approximate surface area is 328 Å². The molecular formula is C40H54N4O11S. The van der Waals surface area contributed by atoms with Crippen LogP contribution in [0.1, 0.15) is 84.3 Å². The number of benzene rings is 1. The van der Waals surface area contributed by atoms with Gasteiger partial charge in [0.2, 0.25) is 21.8 Å². The van der Waals surface area contributed by atoms with E-state index in [4.69, 9.17) is 18.9 Å². The lowest BCUT2D eigenvalue weighted by Crippen LogP contribution is -2.57. The molecule has 4 bridgehead atoms. The van der Waals surface area contributed by atoms with Crippen molar-refractivity contribution in [2.45, 2.75) is 110 Å². The van der Waals surface area contributed by atoms with E-state index in [1.165, 1.54) is 23.0 Å². The molecule has 1 aromatic carbocycles. The molecule has 1 unspecified atom stereocenters. The van der Waals surface area contributed by atoms with Crippen LogP contribution in [0.4, 0.5) is 9.59 Å². The van der Waals surface area contributed by atoms with Crippen molar-refractivity contribution >= 4 is 39.8 Å². The van der Waals surface area contributed by atoms with Crippen molar-refractivity contribution in [1.82, 2.24) is 19.8 Å². The summed E-state index contributed by atoms with van der Waals surface area (Å²) in [5, 5.41) is 2.08. The lowest BCUT2D eigenvalue weighted by Gasteiger charge is -2.35. The SMILES string of the molecule is C=C[C@H]1C[C@@]1(CC(=O)C1C[C@@H]2CN1C(=O)[C@H](C(C)(C)C)NC(=O)OCC(C)(C)C/C=C/COc1c(OC)ccc3c1CN(C3)C(=O)O2)C(=O)NS(=O)(=O)C1CC1. The van der Waals surface area contributed by atoms with Crippen molar-refractivity contribution in [3.8, 4) is 11.5 Å². The highest BCUT2D eigenvalue weighted by atomic mass is 32.2. The number of alkyl carbamates (subject to hydrolysis) is 1. The van der Waals surface area contributed by atoms with Gasteiger partial charge < -0.3 is 29.2 Å². The molecule has 2 aliphatic carbocycles. The van der Waals surface area contributed by atoms with Crippen molar-refractivity contribution in [3.05, 3.63) is 48.1 Å². The molecule has 306 valence electrons. The Hall–Kier alpha value is -4.60. The molecule has 2 N–H and O–H groups in total. The summed E-state index contributed by atoms with van der Waals surface area (Å²) in [7, 11) is -2.36. The number of cyclic esters (lactones) is 1. The van der Waals surface area contributed by atoms with Gasteiger partial charge in [-0.3, -0.25) is 24.0 Å². The van der Waals surface area contributed by atoms with Gasteiger partial charge in [0.25, 0.3) is 0 Å². The summed E-state index contributed by atoms with van der Waals surface area (Å²) in [6, 6.07) is 1.35. The molecule has 16 heteroatoms. The minimum absolute atomic E-state index is 0.0405. The minimum Gasteiger partial charge on any atom is -0.493 e. The minimum atomic E-state index is -3.89. The van der Waals surface area contributed by atoms with E-state index in [0.29, 0.717) is 30.8 Å². The first-order valence-electron chi connectivity index (χ1n) is 19.2. The average Bonchev–Trinajstić information content (AvgIpc) is 4.02. The third-order valence-electron chi connectivity index (χ3n) is 11.4. The predicted octanol–water partition coefficient (Wildman–Crippen LogP) is 4.38. The second-order valence-corrected chi connectivity index (χ2v) is 19.5. The monoisotopic (exact) mass is 798 g/mol. The number of Topliss-reactive ketones (excluding diaryl/α,β-unsaturated/α-hetero) is 1. The van der Waals surface area contributed by atoms with Gasteiger partial charge in [-0.2, -0.15) is 0 Å². The Morgan fingerprint density at radius 3 is 2.48 bits per heavy atom. The number of nitrogens with one attached hydrogen (secondary N) is 2. The predicted molar refractivity (Wildman–Crippen MR) is 204 cm³/mol. The van der Waals surface area contributed by atoms with Crippen LogP contribution in [0.3, 0.4) is 0 Å². The molecule has 15 nitrogen and oxygen atoms in total. The molecule has 0 spiro atoms. The number of nitrogens with zero attached hydrogens (tertiary/aromatic N) is 2. The van der Waals surface area contributed by atoms with Crippen molar-refractivity contribution in [2.75, 3.05) is 26.9 Å². The highest BCUT2D eigenvalue weighted by Gasteiger charge is 2.61. The van der Waals surface area contributed by atoms with Gasteiger partial charge in [0.15, 0.2) is 17.3 Å². The molecule has 5 aliphatic rings. The number of hydrogen-bond donors (Lipinski definition) is 2. The number of fused-ring (bicyclic) bond motifs is 3. The van der Waals surface area contributed by atoms with Crippen molar-refractivity contribution in [2.24, 2.45) is 22.2 Å². The molecule has 56 heavy (non-hydrogen) atoms. The molecular weight excluding hydrogens is 745 g/mol. The zero-order valence-corrected chi connectivity index (χ0v) is 33.9. The van der Waals surface area contributed by atoms with Gasteiger partial charge in [0.05, 0.1) is 43.5 Å². The van der Waals surface area contributed by atoms with Crippen LogP contribution in [-0.2, 0) is 47.0 Å². The molecule has 4 amide bonds. The molecule has 1 aromatic rings. The number of rotatable bonds is 8. The number of sulfonamides is 1. The van der Waals surface area contributed by atoms with Crippen LogP contribution in [0.2, 0.25) is 0 Å². The van der Waals surface area contributed by atoms with E-state index >= 15 is 0 Å². The third kappa shape index (κ3) is 8.69. The number of carbonyl (C=O) groups is 5. The van der Waals surface area contributed by atoms with Gasteiger partial charge in [-0.05, 0) is 48.6 Å². The number of ether oxygens (including phenoxy) is 4. The number of carbonyl (C=O) groups excluding carboxylic acids is 5. The lowest BCUT2D eigenvalue weighted by molar-refractivity contribution is -0.142. The summed E-state index contributed by atoms with van der Waals surface area (Å²) in [4.78, 5) is 72.4. The van der Waals surface area contributed by atoms with Crippen LogP contribution in [0.25, 0.3) is 0 Å². The van der Waals surface area contributed by atoms with Gasteiger partial charge >= 0.3 is 12.2 Å². The fraction of sp³-hybridized carbons (Fsp3) is 0.625. The fourth-order valence-corrected chi connectivity index (χ4v) is 9.11. The molecule has 5 atom stereocenters. The molecule has 0 aromatic heterocycles. The normalized spacial score (nSPS) is 28.8. The first-order chi connectivity index (χ1) is 26.3. The highest BCUT2D eigenvalue weighted by molar-refractivity contribution is 7.90. The Morgan fingerprint density at radius 2 is 1.84 bits per heavy atom. The Kier molecular flexibility index (Phi) is 11.3. The first-order valence-corrected chi connectivity index (χ1v) is 20.7. The number of allylic oxidation sites excluding steroid dienone is 2. The topological polar surface area (TPSA) is 187 Å². The number of hydrogen-bond acceptors (Lipinski definition) is 11. The van der Waals surface area contributed by atoms with Crippen LogP contribution >= 0.6 is 0 Å². The molecule has 3 fully saturated rings. The molecule has 2 saturated carbocycles. The van der Waals surface area contributed by atoms with Gasteiger partial charge in [-0.25, -0.2) is 18.0 Å². The van der Waals surface area contributed by atoms with Gasteiger partial charge in [-0.15, -0.1) is 6.58 Å². The van der Waals surface area contributed by atoms with E-state index < -0.39 is 85.4 Å². The Bertz CT molecular complexity index is 1920. The maximum Gasteiger partial charge on any atom is 0.410 e. The van der Waals surface area contributed by atoms with E-state index in [-0.39, 0.29) is 52.1 Å². The second kappa shape index (κ2) is 15.4. The summed E-state index contributed by atoms with van der Waals surface area (Å²) in [5.74, 6) is -1.30. The van der Waals surface area contributed by atoms with Crippen LogP contribution in [-0.4, -0.2) is 98.3 Å². The van der Waals surface area contributed by atoms with E-state index in [2.05, 4.69) is 16.6 Å². The van der Waals surface area contributed by atoms with Gasteiger partial charge in [0.1, 0.15) is 18.8 Å². The maximum atomic E-state index is 14.6. The van der Waals surface area contributed by atoms with Gasteiger partial charge in [-0.1, -0.05) is 58.9 Å². The lowest BCUT2D eigenvalue weighted by atomic mass is 9.85. The van der Waals surface area contributed by atoms with Crippen LogP contribution in [0.15, 0.2) is 36.9 Å². The number of methoxy groups -OCH3 is 1. The summed E-state index contributed by atoms with van der Waals surface area (Å²) in [6.45, 7) is 13.5. The van der Waals surface area contributed by atoms with E-state index in [1.54, 1.807) is 26.8 Å². The average molecular weight is 799 g/mol. The summed E-state index contributed by atoms with van der Waals surface area (Å²) in [5.41, 5.74) is -1.05. The zero-order valence-electron chi connectivity index (χ0n) is 33.1. The smallest absolute Gasteiger partial charge is 0.410 e. The maximum absolute atomic E-state index is 14.6. The molecule has 0 radical (unpaired) electrons. The van der Waals surface area contributed by atoms with Crippen LogP contribution < -0.4 is 19.5 Å². The highest BCUT2D eigenvalue weighted by Crippen LogP contribution is 2.57. The quantitative estimate of drug-likeness (QED) is 0.356. The van der Waals surface area contributed by atoms with Crippen molar-refractivity contribution < 1.29 is 51.3 Å². The Morgan fingerprint density at radius 1 is 1.11 bits per heavy atom. The molecule has 6 rings (SSSR count). The largest absolute Gasteiger partial charge is 0.493 e. The molecule has 3 heterocycles. The van der Waals surface area contributed by atoms with Gasteiger partial charge in [0, 0.05) is 30.4 Å². The van der Waals surface area contributed by atoms with Crippen molar-refractivity contribution in [3.63, 3.8) is 0 Å². The summed E-state index contributed by atoms with van der Waals surface area (Å²) < 4.78 is 51.0. The fourth-order valence-electron chi connectivity index (χ4n) is 7.72. The second-order valence-electron chi connectivity index (χ2n) is 17.5. The zero-order chi connectivity index (χ0) is 40.8. The van der Waals surface area contributed by atoms with E-state index in [0.717, 1.165) is 11.1 Å². The van der Waals surface area contributed by atoms with E-state index in [9.17, 15) is 32.4 Å². The van der Waals surface area contributed by atoms with Crippen LogP contribution in [0.5, 0.6) is 11.5 Å². The first kappa shape index (κ1) is 41.0. The standard InChI is InChI=1S/C40H54N4O11S/c1-8-25-18-40(25,35(47)42-56(50,51)27-12-13-27)19-30(45)29-17-26-21-44(29)34(46)33(38(2,3)4)41-36(48)54-23-39(5,6)15-9-10-16-53-32-28-22-43(37(49)55-26)20-24(28)11-14-31(32)52-7/h8-11,14,25-27,29,33H,1,12-13,15-23H2,2-7H3,(H,41,48)(H,42,47)/b10-9+/t25-,26+,29?,33+,40-/m0/s1. The van der Waals surface area contributed by atoms with Crippen molar-refractivity contribution in [1.29, 1.82) is 0 Å². The Balaban J connectivity index is 1.30. The number of ketones is 1. The molecule has 3 aliphatic heterocycles. The number of amides is 4. The van der Waals surface area contributed by atoms with Crippen LogP contribution in [0, 0.1) is 22.2 Å².